The van der Waals surface area contributed by atoms with Gasteiger partial charge in [0.2, 0.25) is 0 Å². The van der Waals surface area contributed by atoms with E-state index in [0.29, 0.717) is 0 Å². The van der Waals surface area contributed by atoms with Gasteiger partial charge in [-0.15, -0.1) is 11.6 Å². The first-order chi connectivity index (χ1) is 2.56. The molecule has 0 aliphatic rings. The Kier molecular flexibility index (Phi) is 2.16. The van der Waals surface area contributed by atoms with E-state index in [2.05, 4.69) is 0 Å². The Morgan fingerprint density at radius 1 is 1.83 bits per heavy atom. The quantitative estimate of drug-likeness (QED) is 0.478. The second kappa shape index (κ2) is 1.99. The highest BCUT2D eigenvalue weighted by molar-refractivity contribution is 6.29. The molecule has 0 aromatic heterocycles. The van der Waals surface area contributed by atoms with Gasteiger partial charge in [-0.25, -0.2) is 4.39 Å². The molecule has 0 unspecified atom stereocenters. The molecule has 0 aliphatic heterocycles. The third-order valence-corrected chi connectivity index (χ3v) is 1.01. The predicted molar refractivity (Wildman–Crippen MR) is 26.1 cm³/mol. The lowest BCUT2D eigenvalue weighted by Crippen LogP contribution is -2.08. The van der Waals surface area contributed by atoms with E-state index in [1.807, 2.05) is 0 Å². The normalized spacial score (nSPS) is 20.0. The summed E-state index contributed by atoms with van der Waals surface area (Å²) >= 11 is 9.89. The Bertz CT molecular complexity index is 38.5. The van der Waals surface area contributed by atoms with Crippen molar-refractivity contribution in [1.82, 2.24) is 0 Å². The molecule has 1 atom stereocenters. The Hall–Kier alpha value is 0.510. The van der Waals surface area contributed by atoms with Crippen LogP contribution in [0.3, 0.4) is 0 Å². The van der Waals surface area contributed by atoms with E-state index in [9.17, 15) is 4.39 Å². The van der Waals surface area contributed by atoms with Crippen LogP contribution in [-0.4, -0.2) is 11.0 Å². The van der Waals surface area contributed by atoms with Crippen molar-refractivity contribution in [3.05, 3.63) is 0 Å². The smallest absolute Gasteiger partial charge is 0.194 e. The fraction of sp³-hybridized carbons (Fsp3) is 1.00. The molecule has 0 radical (unpaired) electrons. The van der Waals surface area contributed by atoms with Crippen molar-refractivity contribution >= 4 is 23.2 Å². The molecule has 0 aliphatic carbocycles. The maximum atomic E-state index is 11.8. The van der Waals surface area contributed by atoms with E-state index in [1.165, 1.54) is 6.92 Å². The van der Waals surface area contributed by atoms with E-state index < -0.39 is 5.13 Å². The summed E-state index contributed by atoms with van der Waals surface area (Å²) < 4.78 is 11.8. The summed E-state index contributed by atoms with van der Waals surface area (Å²) in [4.78, 5) is 0. The Labute approximate surface area is 46.2 Å². The molecule has 0 spiro atoms. The zero-order valence-corrected chi connectivity index (χ0v) is 4.85. The van der Waals surface area contributed by atoms with Crippen LogP contribution in [0.5, 0.6) is 0 Å². The van der Waals surface area contributed by atoms with Crippen molar-refractivity contribution in [1.29, 1.82) is 0 Å². The minimum atomic E-state index is -1.72. The van der Waals surface area contributed by atoms with Crippen molar-refractivity contribution < 1.29 is 4.39 Å². The standard InChI is InChI=1S/C3H5Cl2F/c1-3(5,6)2-4/h2H2,1H3/t3-/m0/s1. The van der Waals surface area contributed by atoms with Gasteiger partial charge in [-0.2, -0.15) is 0 Å². The molecule has 0 bridgehead atoms. The van der Waals surface area contributed by atoms with Crippen molar-refractivity contribution in [3.8, 4) is 0 Å². The highest BCUT2D eigenvalue weighted by atomic mass is 35.5. The molecule has 6 heavy (non-hydrogen) atoms. The second-order valence-electron chi connectivity index (χ2n) is 1.20. The van der Waals surface area contributed by atoms with Gasteiger partial charge < -0.3 is 0 Å². The fourth-order valence-electron chi connectivity index (χ4n) is 0. The largest absolute Gasteiger partial charge is 0.225 e. The van der Waals surface area contributed by atoms with Crippen LogP contribution in [0.15, 0.2) is 0 Å². The third-order valence-electron chi connectivity index (χ3n) is 0.235. The number of alkyl halides is 3. The monoisotopic (exact) mass is 130 g/mol. The molecule has 0 aromatic carbocycles. The van der Waals surface area contributed by atoms with Crippen LogP contribution < -0.4 is 0 Å². The SMILES string of the molecule is C[C@@](F)(Cl)CCl. The summed E-state index contributed by atoms with van der Waals surface area (Å²) in [5.74, 6) is -0.158. The van der Waals surface area contributed by atoms with Crippen LogP contribution in [0.25, 0.3) is 0 Å². The van der Waals surface area contributed by atoms with Gasteiger partial charge in [0.25, 0.3) is 0 Å². The molecule has 0 rings (SSSR count). The summed E-state index contributed by atoms with van der Waals surface area (Å²) in [5, 5.41) is -1.72. The first kappa shape index (κ1) is 6.51. The van der Waals surface area contributed by atoms with Gasteiger partial charge in [-0.3, -0.25) is 0 Å². The highest BCUT2D eigenvalue weighted by Gasteiger charge is 2.14. The second-order valence-corrected chi connectivity index (χ2v) is 2.26. The maximum Gasteiger partial charge on any atom is 0.194 e. The lowest BCUT2D eigenvalue weighted by atomic mass is 10.5. The molecule has 38 valence electrons. The number of hydrogen-bond acceptors (Lipinski definition) is 0. The third kappa shape index (κ3) is 4.51. The zero-order valence-electron chi connectivity index (χ0n) is 3.34. The van der Waals surface area contributed by atoms with E-state index in [4.69, 9.17) is 23.2 Å². The van der Waals surface area contributed by atoms with Gasteiger partial charge in [-0.1, -0.05) is 11.6 Å². The summed E-state index contributed by atoms with van der Waals surface area (Å²) in [6.07, 6.45) is 0. The van der Waals surface area contributed by atoms with Gasteiger partial charge in [0, 0.05) is 0 Å². The van der Waals surface area contributed by atoms with Gasteiger partial charge in [0.1, 0.15) is 0 Å². The van der Waals surface area contributed by atoms with Gasteiger partial charge >= 0.3 is 0 Å². The van der Waals surface area contributed by atoms with Crippen LogP contribution >= 0.6 is 23.2 Å². The Morgan fingerprint density at radius 2 is 2.00 bits per heavy atom. The maximum absolute atomic E-state index is 11.8. The van der Waals surface area contributed by atoms with Crippen LogP contribution in [0.2, 0.25) is 0 Å². The van der Waals surface area contributed by atoms with Crippen molar-refractivity contribution in [2.24, 2.45) is 0 Å². The minimum Gasteiger partial charge on any atom is -0.225 e. The first-order valence-corrected chi connectivity index (χ1v) is 2.41. The van der Waals surface area contributed by atoms with Crippen LogP contribution in [0.1, 0.15) is 6.92 Å². The molecule has 0 nitrogen and oxygen atoms in total. The summed E-state index contributed by atoms with van der Waals surface area (Å²) in [7, 11) is 0. The summed E-state index contributed by atoms with van der Waals surface area (Å²) in [6.45, 7) is 1.21. The number of halogens is 3. The van der Waals surface area contributed by atoms with E-state index >= 15 is 0 Å². The lowest BCUT2D eigenvalue weighted by molar-refractivity contribution is 0.340. The average molecular weight is 131 g/mol. The van der Waals surface area contributed by atoms with Crippen molar-refractivity contribution in [3.63, 3.8) is 0 Å². The topological polar surface area (TPSA) is 0 Å². The molecule has 0 amide bonds. The molecule has 0 aromatic rings. The lowest BCUT2D eigenvalue weighted by Gasteiger charge is -2.02. The van der Waals surface area contributed by atoms with Gasteiger partial charge in [-0.05, 0) is 6.92 Å². The Morgan fingerprint density at radius 3 is 2.00 bits per heavy atom. The van der Waals surface area contributed by atoms with Crippen molar-refractivity contribution in [2.75, 3.05) is 5.88 Å². The minimum absolute atomic E-state index is 0.158. The van der Waals surface area contributed by atoms with Crippen LogP contribution in [-0.2, 0) is 0 Å². The van der Waals surface area contributed by atoms with Crippen molar-refractivity contribution in [2.45, 2.75) is 12.1 Å². The van der Waals surface area contributed by atoms with E-state index in [1.54, 1.807) is 0 Å². The van der Waals surface area contributed by atoms with E-state index in [-0.39, 0.29) is 5.88 Å². The molecule has 0 fully saturated rings. The summed E-state index contributed by atoms with van der Waals surface area (Å²) in [5.41, 5.74) is 0. The molecular weight excluding hydrogens is 126 g/mol. The van der Waals surface area contributed by atoms with Crippen LogP contribution in [0, 0.1) is 0 Å². The Balaban J connectivity index is 3.17. The molecule has 0 saturated heterocycles. The van der Waals surface area contributed by atoms with Crippen LogP contribution in [0.4, 0.5) is 4.39 Å². The molecule has 0 N–H and O–H groups in total. The average Bonchev–Trinajstić information content (AvgIpc) is 1.35. The predicted octanol–water partition coefficient (Wildman–Crippen LogP) is 2.15. The van der Waals surface area contributed by atoms with Gasteiger partial charge in [0.05, 0.1) is 5.88 Å². The zero-order chi connectivity index (χ0) is 5.21. The van der Waals surface area contributed by atoms with E-state index in [0.717, 1.165) is 0 Å². The molecule has 0 saturated carbocycles. The summed E-state index contributed by atoms with van der Waals surface area (Å²) in [6, 6.07) is 0. The molecular formula is C3H5Cl2F. The fourth-order valence-corrected chi connectivity index (χ4v) is 0. The molecule has 0 heterocycles. The highest BCUT2D eigenvalue weighted by Crippen LogP contribution is 2.15. The molecule has 3 heteroatoms. The number of hydrogen-bond donors (Lipinski definition) is 0. The number of rotatable bonds is 1. The van der Waals surface area contributed by atoms with Gasteiger partial charge in [0.15, 0.2) is 5.13 Å². The first-order valence-electron chi connectivity index (χ1n) is 1.50.